The first kappa shape index (κ1) is 7.67. The molecule has 0 fully saturated rings. The summed E-state index contributed by atoms with van der Waals surface area (Å²) in [4.78, 5) is 0. The van der Waals surface area contributed by atoms with Crippen LogP contribution in [0.3, 0.4) is 0 Å². The van der Waals surface area contributed by atoms with Crippen LogP contribution >= 0.6 is 15.9 Å². The minimum atomic E-state index is -0.697. The van der Waals surface area contributed by atoms with E-state index in [-0.39, 0.29) is 15.4 Å². The molecule has 0 saturated carbocycles. The molecule has 1 aromatic carbocycles. The third-order valence-corrected chi connectivity index (χ3v) is 2.22. The quantitative estimate of drug-likeness (QED) is 0.655. The first-order chi connectivity index (χ1) is 5.70. The second-order valence-electron chi connectivity index (χ2n) is 2.22. The van der Waals surface area contributed by atoms with Crippen molar-refractivity contribution in [2.75, 3.05) is 0 Å². The second kappa shape index (κ2) is 2.52. The van der Waals surface area contributed by atoms with Crippen molar-refractivity contribution in [3.05, 3.63) is 28.4 Å². The van der Waals surface area contributed by atoms with Gasteiger partial charge in [0.25, 0.3) is 0 Å². The Morgan fingerprint density at radius 2 is 2.17 bits per heavy atom. The fraction of sp³-hybridized carbons (Fsp3) is 0. The number of aromatic nitrogens is 1. The molecule has 0 N–H and O–H groups in total. The van der Waals surface area contributed by atoms with Gasteiger partial charge in [-0.1, -0.05) is 5.16 Å². The highest BCUT2D eigenvalue weighted by Crippen LogP contribution is 2.27. The monoisotopic (exact) mass is 233 g/mol. The van der Waals surface area contributed by atoms with Gasteiger partial charge in [0, 0.05) is 6.07 Å². The van der Waals surface area contributed by atoms with Crippen LogP contribution in [0.15, 0.2) is 21.3 Å². The summed E-state index contributed by atoms with van der Waals surface area (Å²) in [5, 5.41) is 3.51. The van der Waals surface area contributed by atoms with E-state index in [4.69, 9.17) is 0 Å². The number of nitrogens with zero attached hydrogens (tertiary/aromatic N) is 1. The van der Waals surface area contributed by atoms with Crippen LogP contribution < -0.4 is 0 Å². The molecule has 5 heteroatoms. The fourth-order valence-electron chi connectivity index (χ4n) is 0.919. The number of halogens is 3. The number of fused-ring (bicyclic) bond motifs is 1. The maximum Gasteiger partial charge on any atom is 0.172 e. The summed E-state index contributed by atoms with van der Waals surface area (Å²) in [6, 6.07) is 1.08. The Labute approximate surface area is 74.3 Å². The van der Waals surface area contributed by atoms with Crippen molar-refractivity contribution in [2.45, 2.75) is 0 Å². The van der Waals surface area contributed by atoms with Gasteiger partial charge >= 0.3 is 0 Å². The Kier molecular flexibility index (Phi) is 1.61. The van der Waals surface area contributed by atoms with Crippen LogP contribution in [0.5, 0.6) is 0 Å². The van der Waals surface area contributed by atoms with Gasteiger partial charge in [-0.3, -0.25) is 0 Å². The molecular formula is C7H2BrF2NO. The molecule has 12 heavy (non-hydrogen) atoms. The maximum absolute atomic E-state index is 13.1. The van der Waals surface area contributed by atoms with Crippen molar-refractivity contribution in [1.82, 2.24) is 5.16 Å². The van der Waals surface area contributed by atoms with Crippen LogP contribution in [0.25, 0.3) is 11.0 Å². The van der Waals surface area contributed by atoms with E-state index in [1.165, 1.54) is 6.20 Å². The van der Waals surface area contributed by atoms with Crippen LogP contribution in [0.4, 0.5) is 8.78 Å². The second-order valence-corrected chi connectivity index (χ2v) is 3.02. The van der Waals surface area contributed by atoms with Crippen LogP contribution in [0.1, 0.15) is 0 Å². The number of rotatable bonds is 0. The van der Waals surface area contributed by atoms with Gasteiger partial charge in [-0.2, -0.15) is 0 Å². The molecule has 0 aliphatic carbocycles. The van der Waals surface area contributed by atoms with E-state index in [0.29, 0.717) is 0 Å². The molecule has 2 rings (SSSR count). The summed E-state index contributed by atoms with van der Waals surface area (Å²) in [6.07, 6.45) is 1.20. The topological polar surface area (TPSA) is 26.0 Å². The molecule has 0 atom stereocenters. The van der Waals surface area contributed by atoms with Crippen molar-refractivity contribution >= 4 is 26.9 Å². The van der Waals surface area contributed by atoms with Gasteiger partial charge in [0.1, 0.15) is 5.82 Å². The molecule has 0 bridgehead atoms. The summed E-state index contributed by atoms with van der Waals surface area (Å²) in [7, 11) is 0. The van der Waals surface area contributed by atoms with Crippen molar-refractivity contribution in [1.29, 1.82) is 0 Å². The van der Waals surface area contributed by atoms with Crippen molar-refractivity contribution in [3.63, 3.8) is 0 Å². The molecule has 0 aliphatic heterocycles. The van der Waals surface area contributed by atoms with Gasteiger partial charge in [0.05, 0.1) is 16.1 Å². The summed E-state index contributed by atoms with van der Waals surface area (Å²) in [5.41, 5.74) is 0.105. The zero-order chi connectivity index (χ0) is 8.72. The molecule has 0 aliphatic rings. The van der Waals surface area contributed by atoms with E-state index in [2.05, 4.69) is 25.6 Å². The summed E-state index contributed by atoms with van der Waals surface area (Å²) in [6.45, 7) is 0. The van der Waals surface area contributed by atoms with E-state index < -0.39 is 11.6 Å². The number of hydrogen-bond donors (Lipinski definition) is 0. The molecule has 0 saturated heterocycles. The molecular weight excluding hydrogens is 232 g/mol. The highest BCUT2D eigenvalue weighted by molar-refractivity contribution is 9.10. The molecule has 0 unspecified atom stereocenters. The highest BCUT2D eigenvalue weighted by Gasteiger charge is 2.13. The minimum absolute atomic E-state index is 0.105. The average molecular weight is 234 g/mol. The van der Waals surface area contributed by atoms with Crippen LogP contribution in [0.2, 0.25) is 0 Å². The third kappa shape index (κ3) is 0.929. The first-order valence-corrected chi connectivity index (χ1v) is 3.87. The molecule has 62 valence electrons. The van der Waals surface area contributed by atoms with Gasteiger partial charge in [-0.25, -0.2) is 8.78 Å². The minimum Gasteiger partial charge on any atom is -0.356 e. The molecule has 1 aromatic heterocycles. The maximum atomic E-state index is 13.1. The zero-order valence-corrected chi connectivity index (χ0v) is 7.23. The van der Waals surface area contributed by atoms with E-state index in [0.717, 1.165) is 6.07 Å². The molecule has 1 heterocycles. The lowest BCUT2D eigenvalue weighted by Crippen LogP contribution is -1.83. The largest absolute Gasteiger partial charge is 0.356 e. The van der Waals surface area contributed by atoms with E-state index >= 15 is 0 Å². The summed E-state index contributed by atoms with van der Waals surface area (Å²) >= 11 is 2.77. The van der Waals surface area contributed by atoms with Crippen molar-refractivity contribution in [3.8, 4) is 0 Å². The predicted molar refractivity (Wildman–Crippen MR) is 41.6 cm³/mol. The Balaban J connectivity index is 2.94. The van der Waals surface area contributed by atoms with Gasteiger partial charge in [-0.15, -0.1) is 0 Å². The summed E-state index contributed by atoms with van der Waals surface area (Å²) < 4.78 is 30.3. The first-order valence-electron chi connectivity index (χ1n) is 3.08. The Morgan fingerprint density at radius 3 is 2.92 bits per heavy atom. The SMILES string of the molecule is Fc1cc2oncc2c(F)c1Br. The lowest BCUT2D eigenvalue weighted by Gasteiger charge is -1.95. The Hall–Kier alpha value is -0.970. The predicted octanol–water partition coefficient (Wildman–Crippen LogP) is 2.87. The van der Waals surface area contributed by atoms with Crippen molar-refractivity contribution in [2.24, 2.45) is 0 Å². The van der Waals surface area contributed by atoms with Gasteiger partial charge in [-0.05, 0) is 15.9 Å². The number of benzene rings is 1. The molecule has 2 nitrogen and oxygen atoms in total. The lowest BCUT2D eigenvalue weighted by atomic mass is 10.2. The number of hydrogen-bond acceptors (Lipinski definition) is 2. The van der Waals surface area contributed by atoms with E-state index in [1.54, 1.807) is 0 Å². The van der Waals surface area contributed by atoms with Gasteiger partial charge in [0.15, 0.2) is 11.4 Å². The third-order valence-electron chi connectivity index (χ3n) is 1.49. The van der Waals surface area contributed by atoms with Crippen LogP contribution in [0, 0.1) is 11.6 Å². The van der Waals surface area contributed by atoms with Crippen LogP contribution in [-0.4, -0.2) is 5.16 Å². The zero-order valence-electron chi connectivity index (χ0n) is 5.64. The lowest BCUT2D eigenvalue weighted by molar-refractivity contribution is 0.454. The summed E-state index contributed by atoms with van der Waals surface area (Å²) in [5.74, 6) is -1.39. The van der Waals surface area contributed by atoms with E-state index in [1.807, 2.05) is 0 Å². The highest BCUT2D eigenvalue weighted by atomic mass is 79.9. The fourth-order valence-corrected chi connectivity index (χ4v) is 1.25. The van der Waals surface area contributed by atoms with Crippen molar-refractivity contribution < 1.29 is 13.3 Å². The molecule has 0 amide bonds. The average Bonchev–Trinajstić information content (AvgIpc) is 2.48. The van der Waals surface area contributed by atoms with Gasteiger partial charge < -0.3 is 4.52 Å². The van der Waals surface area contributed by atoms with Crippen LogP contribution in [-0.2, 0) is 0 Å². The molecule has 0 spiro atoms. The Morgan fingerprint density at radius 1 is 1.42 bits per heavy atom. The smallest absolute Gasteiger partial charge is 0.172 e. The Bertz CT molecular complexity index is 440. The van der Waals surface area contributed by atoms with Gasteiger partial charge in [0.2, 0.25) is 0 Å². The van der Waals surface area contributed by atoms with E-state index in [9.17, 15) is 8.78 Å². The molecule has 2 aromatic rings. The normalized spacial score (nSPS) is 10.9. The standard InChI is InChI=1S/C7H2BrF2NO/c8-6-4(9)1-5-3(7(6)10)2-11-12-5/h1-2H. The molecule has 0 radical (unpaired) electrons.